The molecule has 23 heavy (non-hydrogen) atoms. The fourth-order valence-corrected chi connectivity index (χ4v) is 2.41. The van der Waals surface area contributed by atoms with Crippen LogP contribution in [0.2, 0.25) is 0 Å². The van der Waals surface area contributed by atoms with Crippen molar-refractivity contribution < 1.29 is 9.53 Å². The maximum absolute atomic E-state index is 12.1. The summed E-state index contributed by atoms with van der Waals surface area (Å²) in [6.07, 6.45) is -0.959. The van der Waals surface area contributed by atoms with E-state index < -0.39 is 12.2 Å². The number of H-pyrrole nitrogens is 1. The van der Waals surface area contributed by atoms with Crippen LogP contribution in [0.25, 0.3) is 11.0 Å². The zero-order chi connectivity index (χ0) is 16.4. The molecule has 5 heteroatoms. The molecule has 1 aromatic heterocycles. The van der Waals surface area contributed by atoms with Crippen molar-refractivity contribution in [3.8, 4) is 0 Å². The molecule has 3 aromatic rings. The number of fused-ring (bicyclic) bond motifs is 1. The number of carbonyl (C=O) groups is 1. The molecule has 118 valence electrons. The smallest absolute Gasteiger partial charge is 0.412 e. The van der Waals surface area contributed by atoms with Gasteiger partial charge in [-0.2, -0.15) is 0 Å². The second-order valence-electron chi connectivity index (χ2n) is 5.56. The predicted molar refractivity (Wildman–Crippen MR) is 90.5 cm³/mol. The number of aromatic nitrogens is 2. The van der Waals surface area contributed by atoms with E-state index in [0.717, 1.165) is 27.8 Å². The van der Waals surface area contributed by atoms with Crippen LogP contribution in [0, 0.1) is 13.8 Å². The highest BCUT2D eigenvalue weighted by molar-refractivity contribution is 5.86. The Kier molecular flexibility index (Phi) is 4.02. The van der Waals surface area contributed by atoms with Crippen LogP contribution in [0.3, 0.4) is 0 Å². The van der Waals surface area contributed by atoms with Gasteiger partial charge in [0, 0.05) is 5.69 Å². The van der Waals surface area contributed by atoms with E-state index in [1.54, 1.807) is 6.92 Å². The lowest BCUT2D eigenvalue weighted by molar-refractivity contribution is 0.117. The maximum Gasteiger partial charge on any atom is 0.412 e. The van der Waals surface area contributed by atoms with Crippen LogP contribution in [-0.4, -0.2) is 16.1 Å². The molecule has 2 aromatic carbocycles. The molecule has 0 saturated heterocycles. The number of aryl methyl sites for hydroxylation is 1. The number of ether oxygens (including phenoxy) is 1. The average Bonchev–Trinajstić information content (AvgIpc) is 2.96. The second kappa shape index (κ2) is 6.12. The molecule has 1 atom stereocenters. The summed E-state index contributed by atoms with van der Waals surface area (Å²) in [6.45, 7) is 5.76. The van der Waals surface area contributed by atoms with Gasteiger partial charge in [0.1, 0.15) is 5.82 Å². The number of imidazole rings is 1. The second-order valence-corrected chi connectivity index (χ2v) is 5.56. The first-order valence-electron chi connectivity index (χ1n) is 7.53. The summed E-state index contributed by atoms with van der Waals surface area (Å²) < 4.78 is 5.42. The van der Waals surface area contributed by atoms with Gasteiger partial charge in [-0.25, -0.2) is 9.78 Å². The molecule has 0 aliphatic rings. The van der Waals surface area contributed by atoms with Crippen LogP contribution >= 0.6 is 0 Å². The lowest BCUT2D eigenvalue weighted by Crippen LogP contribution is -2.17. The number of hydrogen-bond acceptors (Lipinski definition) is 3. The minimum atomic E-state index is -0.494. The van der Waals surface area contributed by atoms with Gasteiger partial charge in [0.25, 0.3) is 0 Å². The largest absolute Gasteiger partial charge is 0.438 e. The van der Waals surface area contributed by atoms with Gasteiger partial charge in [-0.1, -0.05) is 24.3 Å². The number of amides is 1. The predicted octanol–water partition coefficient (Wildman–Crippen LogP) is 4.49. The summed E-state index contributed by atoms with van der Waals surface area (Å²) in [5.41, 5.74) is 4.68. The van der Waals surface area contributed by atoms with Crippen molar-refractivity contribution in [2.24, 2.45) is 0 Å². The molecule has 0 aliphatic carbocycles. The fourth-order valence-electron chi connectivity index (χ4n) is 2.41. The average molecular weight is 309 g/mol. The van der Waals surface area contributed by atoms with Gasteiger partial charge in [-0.3, -0.25) is 5.32 Å². The SMILES string of the molecule is Cc1cccc(NC(=O)OC(C)c2nc3ccccc3[nH]2)c1C. The van der Waals surface area contributed by atoms with E-state index in [1.165, 1.54) is 0 Å². The van der Waals surface area contributed by atoms with Crippen LogP contribution in [0.4, 0.5) is 10.5 Å². The van der Waals surface area contributed by atoms with E-state index in [2.05, 4.69) is 15.3 Å². The van der Waals surface area contributed by atoms with Crippen molar-refractivity contribution >= 4 is 22.8 Å². The molecule has 0 saturated carbocycles. The van der Waals surface area contributed by atoms with Crippen LogP contribution in [0.5, 0.6) is 0 Å². The standard InChI is InChI=1S/C18H19N3O2/c1-11-7-6-10-14(12(11)2)21-18(22)23-13(3)17-19-15-8-4-5-9-16(15)20-17/h4-10,13H,1-3H3,(H,19,20)(H,21,22). The van der Waals surface area contributed by atoms with Crippen molar-refractivity contribution in [1.29, 1.82) is 0 Å². The molecular formula is C18H19N3O2. The third-order valence-corrected chi connectivity index (χ3v) is 3.92. The molecule has 0 radical (unpaired) electrons. The molecule has 1 unspecified atom stereocenters. The first kappa shape index (κ1) is 15.1. The van der Waals surface area contributed by atoms with Gasteiger partial charge in [0.15, 0.2) is 6.10 Å². The maximum atomic E-state index is 12.1. The van der Waals surface area contributed by atoms with Crippen molar-refractivity contribution in [1.82, 2.24) is 9.97 Å². The number of aromatic amines is 1. The summed E-state index contributed by atoms with van der Waals surface area (Å²) in [5.74, 6) is 0.627. The molecule has 0 aliphatic heterocycles. The molecule has 0 fully saturated rings. The number of hydrogen-bond donors (Lipinski definition) is 2. The molecule has 1 heterocycles. The Labute approximate surface area is 134 Å². The van der Waals surface area contributed by atoms with Crippen molar-refractivity contribution in [3.05, 3.63) is 59.4 Å². The van der Waals surface area contributed by atoms with Crippen molar-refractivity contribution in [2.75, 3.05) is 5.32 Å². The molecule has 2 N–H and O–H groups in total. The molecule has 3 rings (SSSR count). The van der Waals surface area contributed by atoms with E-state index in [4.69, 9.17) is 4.74 Å². The van der Waals surface area contributed by atoms with Crippen LogP contribution < -0.4 is 5.32 Å². The number of rotatable bonds is 3. The van der Waals surface area contributed by atoms with E-state index in [1.807, 2.05) is 56.3 Å². The summed E-state index contributed by atoms with van der Waals surface area (Å²) in [5, 5.41) is 2.78. The summed E-state index contributed by atoms with van der Waals surface area (Å²) in [7, 11) is 0. The Morgan fingerprint density at radius 2 is 1.96 bits per heavy atom. The highest BCUT2D eigenvalue weighted by atomic mass is 16.6. The van der Waals surface area contributed by atoms with E-state index in [-0.39, 0.29) is 0 Å². The molecule has 0 bridgehead atoms. The summed E-state index contributed by atoms with van der Waals surface area (Å²) >= 11 is 0. The third-order valence-electron chi connectivity index (χ3n) is 3.92. The van der Waals surface area contributed by atoms with Gasteiger partial charge in [0.2, 0.25) is 0 Å². The number of nitrogens with one attached hydrogen (secondary N) is 2. The van der Waals surface area contributed by atoms with Gasteiger partial charge in [-0.15, -0.1) is 0 Å². The zero-order valence-electron chi connectivity index (χ0n) is 13.4. The molecular weight excluding hydrogens is 290 g/mol. The third kappa shape index (κ3) is 3.18. The van der Waals surface area contributed by atoms with E-state index in [0.29, 0.717) is 5.82 Å². The number of nitrogens with zero attached hydrogens (tertiary/aromatic N) is 1. The fraction of sp³-hybridized carbons (Fsp3) is 0.222. The number of para-hydroxylation sites is 2. The van der Waals surface area contributed by atoms with Crippen LogP contribution in [0.15, 0.2) is 42.5 Å². The number of anilines is 1. The lowest BCUT2D eigenvalue weighted by atomic mass is 10.1. The van der Waals surface area contributed by atoms with Crippen LogP contribution in [-0.2, 0) is 4.74 Å². The lowest BCUT2D eigenvalue weighted by Gasteiger charge is -2.14. The van der Waals surface area contributed by atoms with Crippen LogP contribution in [0.1, 0.15) is 30.0 Å². The highest BCUT2D eigenvalue weighted by Gasteiger charge is 2.16. The molecule has 0 spiro atoms. The number of carbonyl (C=O) groups excluding carboxylic acids is 1. The van der Waals surface area contributed by atoms with E-state index >= 15 is 0 Å². The first-order chi connectivity index (χ1) is 11.0. The number of benzene rings is 2. The minimum absolute atomic E-state index is 0.465. The van der Waals surface area contributed by atoms with Gasteiger partial charge in [0.05, 0.1) is 11.0 Å². The topological polar surface area (TPSA) is 67.0 Å². The van der Waals surface area contributed by atoms with E-state index in [9.17, 15) is 4.79 Å². The Morgan fingerprint density at radius 3 is 2.74 bits per heavy atom. The highest BCUT2D eigenvalue weighted by Crippen LogP contribution is 2.21. The molecule has 5 nitrogen and oxygen atoms in total. The summed E-state index contributed by atoms with van der Waals surface area (Å²) in [4.78, 5) is 19.7. The monoisotopic (exact) mass is 309 g/mol. The Balaban J connectivity index is 1.70. The normalized spacial score (nSPS) is 12.1. The Bertz CT molecular complexity index is 821. The minimum Gasteiger partial charge on any atom is -0.438 e. The van der Waals surface area contributed by atoms with Crippen molar-refractivity contribution in [3.63, 3.8) is 0 Å². The Morgan fingerprint density at radius 1 is 1.17 bits per heavy atom. The van der Waals surface area contributed by atoms with Gasteiger partial charge >= 0.3 is 6.09 Å². The summed E-state index contributed by atoms with van der Waals surface area (Å²) in [6, 6.07) is 13.5. The quantitative estimate of drug-likeness (QED) is 0.749. The first-order valence-corrected chi connectivity index (χ1v) is 7.53. The van der Waals surface area contributed by atoms with Gasteiger partial charge in [-0.05, 0) is 50.1 Å². The van der Waals surface area contributed by atoms with Gasteiger partial charge < -0.3 is 9.72 Å². The molecule has 1 amide bonds. The van der Waals surface area contributed by atoms with Crippen molar-refractivity contribution in [2.45, 2.75) is 26.9 Å². The Hall–Kier alpha value is -2.82. The zero-order valence-corrected chi connectivity index (χ0v) is 13.4.